The maximum Gasteiger partial charge on any atom is 0.416 e. The third kappa shape index (κ3) is 3.78. The van der Waals surface area contributed by atoms with Crippen molar-refractivity contribution in [3.8, 4) is 0 Å². The van der Waals surface area contributed by atoms with Crippen LogP contribution in [0.5, 0.6) is 0 Å². The number of carbonyl (C=O) groups excluding carboxylic acids is 1. The Balaban J connectivity index is 2.80. The van der Waals surface area contributed by atoms with Gasteiger partial charge in [-0.05, 0) is 12.1 Å². The zero-order valence-electron chi connectivity index (χ0n) is 9.26. The SMILES string of the molecule is Nc1cc(F)cc(C(=O)NCC(O)C(F)(F)F)c1F. The monoisotopic (exact) mass is 284 g/mol. The van der Waals surface area contributed by atoms with Crippen LogP contribution in [0.2, 0.25) is 0 Å². The second-order valence-corrected chi connectivity index (χ2v) is 3.62. The number of carbonyl (C=O) groups is 1. The predicted molar refractivity (Wildman–Crippen MR) is 55.2 cm³/mol. The first kappa shape index (κ1) is 15.2. The van der Waals surface area contributed by atoms with E-state index in [0.29, 0.717) is 12.1 Å². The van der Waals surface area contributed by atoms with E-state index >= 15 is 0 Å². The van der Waals surface area contributed by atoms with E-state index in [4.69, 9.17) is 10.8 Å². The predicted octanol–water partition coefficient (Wildman–Crippen LogP) is 1.20. The molecule has 106 valence electrons. The van der Waals surface area contributed by atoms with Crippen molar-refractivity contribution in [2.24, 2.45) is 0 Å². The van der Waals surface area contributed by atoms with Crippen LogP contribution in [0.1, 0.15) is 10.4 Å². The highest BCUT2D eigenvalue weighted by Gasteiger charge is 2.38. The molecule has 0 aliphatic rings. The molecule has 1 rings (SSSR count). The van der Waals surface area contributed by atoms with Crippen LogP contribution in [-0.2, 0) is 0 Å². The summed E-state index contributed by atoms with van der Waals surface area (Å²) in [6, 6.07) is 1.11. The first-order valence-corrected chi connectivity index (χ1v) is 4.90. The van der Waals surface area contributed by atoms with Gasteiger partial charge < -0.3 is 16.2 Å². The van der Waals surface area contributed by atoms with Gasteiger partial charge in [0.1, 0.15) is 5.82 Å². The van der Waals surface area contributed by atoms with Crippen LogP contribution in [0.3, 0.4) is 0 Å². The number of anilines is 1. The third-order valence-electron chi connectivity index (χ3n) is 2.14. The fraction of sp³-hybridized carbons (Fsp3) is 0.300. The minimum Gasteiger partial charge on any atom is -0.396 e. The van der Waals surface area contributed by atoms with E-state index in [1.54, 1.807) is 5.32 Å². The number of halogens is 5. The minimum atomic E-state index is -4.92. The Morgan fingerprint density at radius 1 is 1.37 bits per heavy atom. The standard InChI is InChI=1S/C10H9F5N2O2/c11-4-1-5(8(12)6(16)2-4)9(19)17-3-7(18)10(13,14)15/h1-2,7,18H,3,16H2,(H,17,19). The molecule has 4 N–H and O–H groups in total. The molecule has 1 amide bonds. The number of rotatable bonds is 3. The van der Waals surface area contributed by atoms with Crippen molar-refractivity contribution in [2.75, 3.05) is 12.3 Å². The number of hydrogen-bond donors (Lipinski definition) is 3. The van der Waals surface area contributed by atoms with Gasteiger partial charge in [-0.1, -0.05) is 0 Å². The molecule has 0 aliphatic carbocycles. The maximum atomic E-state index is 13.4. The smallest absolute Gasteiger partial charge is 0.396 e. The van der Waals surface area contributed by atoms with Crippen LogP contribution in [0, 0.1) is 11.6 Å². The van der Waals surface area contributed by atoms with Crippen LogP contribution in [0.15, 0.2) is 12.1 Å². The third-order valence-corrected chi connectivity index (χ3v) is 2.14. The average molecular weight is 284 g/mol. The van der Waals surface area contributed by atoms with E-state index < -0.39 is 47.6 Å². The summed E-state index contributed by atoms with van der Waals surface area (Å²) in [4.78, 5) is 11.3. The van der Waals surface area contributed by atoms with Crippen LogP contribution in [-0.4, -0.2) is 29.8 Å². The van der Waals surface area contributed by atoms with Crippen molar-refractivity contribution in [3.63, 3.8) is 0 Å². The molecule has 1 aromatic carbocycles. The summed E-state index contributed by atoms with van der Waals surface area (Å²) in [5.41, 5.74) is 3.57. The zero-order chi connectivity index (χ0) is 14.8. The molecular weight excluding hydrogens is 275 g/mol. The average Bonchev–Trinajstić information content (AvgIpc) is 2.28. The summed E-state index contributed by atoms with van der Waals surface area (Å²) in [7, 11) is 0. The number of nitrogen functional groups attached to an aromatic ring is 1. The summed E-state index contributed by atoms with van der Waals surface area (Å²) in [6.45, 7) is -1.18. The van der Waals surface area contributed by atoms with Crippen molar-refractivity contribution in [1.29, 1.82) is 0 Å². The van der Waals surface area contributed by atoms with Crippen molar-refractivity contribution in [3.05, 3.63) is 29.3 Å². The number of nitrogens with one attached hydrogen (secondary N) is 1. The zero-order valence-corrected chi connectivity index (χ0v) is 9.26. The molecule has 9 heteroatoms. The van der Waals surface area contributed by atoms with Gasteiger partial charge in [-0.25, -0.2) is 8.78 Å². The highest BCUT2D eigenvalue weighted by molar-refractivity contribution is 5.95. The Bertz CT molecular complexity index is 490. The largest absolute Gasteiger partial charge is 0.416 e. The summed E-state index contributed by atoms with van der Waals surface area (Å²) in [6.07, 6.45) is -7.72. The van der Waals surface area contributed by atoms with Gasteiger partial charge in [-0.2, -0.15) is 13.2 Å². The van der Waals surface area contributed by atoms with Crippen molar-refractivity contribution >= 4 is 11.6 Å². The molecule has 0 spiro atoms. The quantitative estimate of drug-likeness (QED) is 0.576. The Kier molecular flexibility index (Phi) is 4.30. The molecule has 0 aromatic heterocycles. The Labute approximate surface area is 104 Å². The fourth-order valence-corrected chi connectivity index (χ4v) is 1.18. The summed E-state index contributed by atoms with van der Waals surface area (Å²) >= 11 is 0. The molecule has 1 unspecified atom stereocenters. The lowest BCUT2D eigenvalue weighted by Crippen LogP contribution is -2.41. The summed E-state index contributed by atoms with van der Waals surface area (Å²) in [5, 5.41) is 10.3. The fourth-order valence-electron chi connectivity index (χ4n) is 1.18. The number of aliphatic hydroxyl groups is 1. The lowest BCUT2D eigenvalue weighted by atomic mass is 10.1. The molecule has 0 fully saturated rings. The van der Waals surface area contributed by atoms with Gasteiger partial charge in [0.25, 0.3) is 5.91 Å². The molecular formula is C10H9F5N2O2. The van der Waals surface area contributed by atoms with Gasteiger partial charge in [0, 0.05) is 0 Å². The van der Waals surface area contributed by atoms with Gasteiger partial charge in [0.15, 0.2) is 11.9 Å². The van der Waals surface area contributed by atoms with Gasteiger partial charge in [-0.3, -0.25) is 4.79 Å². The molecule has 0 heterocycles. The summed E-state index contributed by atoms with van der Waals surface area (Å²) in [5.74, 6) is -3.58. The Hall–Kier alpha value is -1.90. The lowest BCUT2D eigenvalue weighted by molar-refractivity contribution is -0.201. The molecule has 4 nitrogen and oxygen atoms in total. The van der Waals surface area contributed by atoms with Crippen LogP contribution < -0.4 is 11.1 Å². The van der Waals surface area contributed by atoms with Gasteiger partial charge in [-0.15, -0.1) is 0 Å². The van der Waals surface area contributed by atoms with Gasteiger partial charge in [0.2, 0.25) is 0 Å². The minimum absolute atomic E-state index is 0.487. The number of alkyl halides is 3. The van der Waals surface area contributed by atoms with E-state index in [0.717, 1.165) is 0 Å². The van der Waals surface area contributed by atoms with Crippen molar-refractivity contribution < 1.29 is 31.9 Å². The van der Waals surface area contributed by atoms with Gasteiger partial charge in [0.05, 0.1) is 17.8 Å². The second-order valence-electron chi connectivity index (χ2n) is 3.62. The van der Waals surface area contributed by atoms with Crippen LogP contribution >= 0.6 is 0 Å². The number of nitrogens with two attached hydrogens (primary N) is 1. The van der Waals surface area contributed by atoms with E-state index in [9.17, 15) is 26.7 Å². The van der Waals surface area contributed by atoms with Gasteiger partial charge >= 0.3 is 6.18 Å². The first-order chi connectivity index (χ1) is 8.62. The van der Waals surface area contributed by atoms with Crippen LogP contribution in [0.25, 0.3) is 0 Å². The van der Waals surface area contributed by atoms with E-state index in [-0.39, 0.29) is 0 Å². The topological polar surface area (TPSA) is 75.4 Å². The van der Waals surface area contributed by atoms with E-state index in [1.807, 2.05) is 0 Å². The van der Waals surface area contributed by atoms with Crippen molar-refractivity contribution in [1.82, 2.24) is 5.32 Å². The Morgan fingerprint density at radius 3 is 2.47 bits per heavy atom. The molecule has 0 saturated carbocycles. The van der Waals surface area contributed by atoms with E-state index in [1.165, 1.54) is 0 Å². The molecule has 0 radical (unpaired) electrons. The Morgan fingerprint density at radius 2 is 1.95 bits per heavy atom. The molecule has 0 saturated heterocycles. The van der Waals surface area contributed by atoms with E-state index in [2.05, 4.69) is 0 Å². The number of amides is 1. The normalized spacial score (nSPS) is 13.2. The molecule has 0 aliphatic heterocycles. The second kappa shape index (κ2) is 5.39. The van der Waals surface area contributed by atoms with Crippen LogP contribution in [0.4, 0.5) is 27.6 Å². The molecule has 0 bridgehead atoms. The number of hydrogen-bond acceptors (Lipinski definition) is 3. The first-order valence-electron chi connectivity index (χ1n) is 4.90. The number of aliphatic hydroxyl groups excluding tert-OH is 1. The lowest BCUT2D eigenvalue weighted by Gasteiger charge is -2.15. The highest BCUT2D eigenvalue weighted by atomic mass is 19.4. The summed E-state index contributed by atoms with van der Waals surface area (Å²) < 4.78 is 62.1. The molecule has 19 heavy (non-hydrogen) atoms. The molecule has 1 atom stereocenters. The number of benzene rings is 1. The van der Waals surface area contributed by atoms with Crippen molar-refractivity contribution in [2.45, 2.75) is 12.3 Å². The maximum absolute atomic E-state index is 13.4. The molecule has 1 aromatic rings. The highest BCUT2D eigenvalue weighted by Crippen LogP contribution is 2.20.